The average Bonchev–Trinajstić information content (AvgIpc) is 3.47. The molecule has 28 heavy (non-hydrogen) atoms. The molecular weight excluding hydrogens is 350 g/mol. The van der Waals surface area contributed by atoms with Crippen molar-refractivity contribution in [1.82, 2.24) is 35.3 Å². The van der Waals surface area contributed by atoms with Crippen LogP contribution >= 0.6 is 0 Å². The minimum Gasteiger partial charge on any atom is -0.317 e. The van der Waals surface area contributed by atoms with E-state index in [1.54, 1.807) is 0 Å². The molecule has 0 amide bonds. The lowest BCUT2D eigenvalue weighted by Crippen LogP contribution is -2.29. The SMILES string of the molecule is c1cc(-c2cn[nH]c2)cc(-c2ncc(-c3cnn(C4CCNCC4)c3)cn2)c1. The maximum absolute atomic E-state index is 4.59. The maximum atomic E-state index is 4.59. The number of benzene rings is 1. The van der Waals surface area contributed by atoms with E-state index in [1.807, 2.05) is 43.1 Å². The molecule has 0 aliphatic carbocycles. The second-order valence-corrected chi connectivity index (χ2v) is 7.05. The first kappa shape index (κ1) is 16.8. The van der Waals surface area contributed by atoms with Gasteiger partial charge in [-0.05, 0) is 37.6 Å². The molecule has 1 aromatic carbocycles. The Morgan fingerprint density at radius 3 is 2.46 bits per heavy atom. The zero-order chi connectivity index (χ0) is 18.8. The van der Waals surface area contributed by atoms with Gasteiger partial charge in [-0.3, -0.25) is 9.78 Å². The molecule has 0 bridgehead atoms. The van der Waals surface area contributed by atoms with Gasteiger partial charge in [-0.1, -0.05) is 18.2 Å². The Balaban J connectivity index is 1.38. The lowest BCUT2D eigenvalue weighted by molar-refractivity contribution is 0.343. The number of hydrogen-bond donors (Lipinski definition) is 2. The van der Waals surface area contributed by atoms with Crippen molar-refractivity contribution in [3.05, 3.63) is 61.4 Å². The third kappa shape index (κ3) is 3.32. The van der Waals surface area contributed by atoms with Crippen LogP contribution in [0.25, 0.3) is 33.6 Å². The van der Waals surface area contributed by atoms with Crippen LogP contribution in [0.15, 0.2) is 61.4 Å². The highest BCUT2D eigenvalue weighted by atomic mass is 15.3. The van der Waals surface area contributed by atoms with Gasteiger partial charge < -0.3 is 5.32 Å². The van der Waals surface area contributed by atoms with E-state index in [4.69, 9.17) is 0 Å². The van der Waals surface area contributed by atoms with E-state index in [1.165, 1.54) is 0 Å². The van der Waals surface area contributed by atoms with Gasteiger partial charge in [-0.15, -0.1) is 0 Å². The Morgan fingerprint density at radius 1 is 0.857 bits per heavy atom. The zero-order valence-corrected chi connectivity index (χ0v) is 15.4. The molecule has 4 aromatic rings. The van der Waals surface area contributed by atoms with Gasteiger partial charge in [0.1, 0.15) is 0 Å². The van der Waals surface area contributed by atoms with Crippen LogP contribution < -0.4 is 5.32 Å². The monoisotopic (exact) mass is 371 g/mol. The standard InChI is InChI=1S/C21H21N7/c1-2-15(18-11-25-26-12-18)8-16(3-1)21-23-9-17(10-24-21)19-13-27-28(14-19)20-4-6-22-7-5-20/h1-3,8-14,20,22H,4-7H2,(H,25,26). The van der Waals surface area contributed by atoms with Gasteiger partial charge in [0.25, 0.3) is 0 Å². The number of aromatic amines is 1. The van der Waals surface area contributed by atoms with Crippen LogP contribution in [-0.2, 0) is 0 Å². The van der Waals surface area contributed by atoms with Crippen LogP contribution in [0.5, 0.6) is 0 Å². The molecule has 1 aliphatic rings. The molecule has 2 N–H and O–H groups in total. The summed E-state index contributed by atoms with van der Waals surface area (Å²) in [5.41, 5.74) is 5.15. The Kier molecular flexibility index (Phi) is 4.42. The molecule has 7 heteroatoms. The van der Waals surface area contributed by atoms with Crippen LogP contribution in [0.2, 0.25) is 0 Å². The maximum Gasteiger partial charge on any atom is 0.159 e. The van der Waals surface area contributed by atoms with Gasteiger partial charge in [-0.2, -0.15) is 10.2 Å². The van der Waals surface area contributed by atoms with Gasteiger partial charge in [0.2, 0.25) is 0 Å². The Hall–Kier alpha value is -3.32. The third-order valence-electron chi connectivity index (χ3n) is 5.22. The molecule has 3 aromatic heterocycles. The molecule has 7 nitrogen and oxygen atoms in total. The second kappa shape index (κ2) is 7.36. The molecule has 1 fully saturated rings. The van der Waals surface area contributed by atoms with Gasteiger partial charge in [0.05, 0.1) is 18.4 Å². The summed E-state index contributed by atoms with van der Waals surface area (Å²) in [5.74, 6) is 0.708. The molecular formula is C21H21N7. The molecule has 5 rings (SSSR count). The highest BCUT2D eigenvalue weighted by molar-refractivity contribution is 5.70. The van der Waals surface area contributed by atoms with Gasteiger partial charge in [0.15, 0.2) is 5.82 Å². The quantitative estimate of drug-likeness (QED) is 0.575. The first-order valence-corrected chi connectivity index (χ1v) is 9.54. The molecule has 0 unspecified atom stereocenters. The van der Waals surface area contributed by atoms with Crippen LogP contribution in [0.1, 0.15) is 18.9 Å². The molecule has 0 radical (unpaired) electrons. The van der Waals surface area contributed by atoms with Crippen LogP contribution in [0.4, 0.5) is 0 Å². The van der Waals surface area contributed by atoms with Crippen molar-refractivity contribution in [2.45, 2.75) is 18.9 Å². The van der Waals surface area contributed by atoms with Crippen molar-refractivity contribution in [3.63, 3.8) is 0 Å². The molecule has 140 valence electrons. The lowest BCUT2D eigenvalue weighted by Gasteiger charge is -2.22. The topological polar surface area (TPSA) is 84.3 Å². The molecule has 1 aliphatic heterocycles. The molecule has 1 saturated heterocycles. The summed E-state index contributed by atoms with van der Waals surface area (Å²) < 4.78 is 2.08. The van der Waals surface area contributed by atoms with E-state index in [2.05, 4.69) is 53.6 Å². The van der Waals surface area contributed by atoms with Gasteiger partial charge in [0, 0.05) is 47.0 Å². The number of aromatic nitrogens is 6. The number of H-pyrrole nitrogens is 1. The van der Waals surface area contributed by atoms with Crippen LogP contribution in [0.3, 0.4) is 0 Å². The summed E-state index contributed by atoms with van der Waals surface area (Å²) in [5, 5.41) is 14.8. The van der Waals surface area contributed by atoms with Crippen molar-refractivity contribution in [2.24, 2.45) is 0 Å². The summed E-state index contributed by atoms with van der Waals surface area (Å²) >= 11 is 0. The summed E-state index contributed by atoms with van der Waals surface area (Å²) in [6.07, 6.45) is 13.7. The smallest absolute Gasteiger partial charge is 0.159 e. The third-order valence-corrected chi connectivity index (χ3v) is 5.22. The first-order valence-electron chi connectivity index (χ1n) is 9.54. The zero-order valence-electron chi connectivity index (χ0n) is 15.4. The van der Waals surface area contributed by atoms with Crippen LogP contribution in [-0.4, -0.2) is 43.0 Å². The number of nitrogens with zero attached hydrogens (tertiary/aromatic N) is 5. The summed E-state index contributed by atoms with van der Waals surface area (Å²) in [7, 11) is 0. The normalized spacial score (nSPS) is 15.0. The lowest BCUT2D eigenvalue weighted by atomic mass is 10.1. The summed E-state index contributed by atoms with van der Waals surface area (Å²) in [6.45, 7) is 2.10. The largest absolute Gasteiger partial charge is 0.317 e. The fourth-order valence-electron chi connectivity index (χ4n) is 3.63. The summed E-state index contributed by atoms with van der Waals surface area (Å²) in [6, 6.07) is 8.64. The van der Waals surface area contributed by atoms with E-state index < -0.39 is 0 Å². The molecule has 4 heterocycles. The van der Waals surface area contributed by atoms with Crippen molar-refractivity contribution in [1.29, 1.82) is 0 Å². The van der Waals surface area contributed by atoms with Crippen molar-refractivity contribution in [2.75, 3.05) is 13.1 Å². The molecule has 0 spiro atoms. The van der Waals surface area contributed by atoms with Gasteiger partial charge >= 0.3 is 0 Å². The Bertz CT molecular complexity index is 1040. The predicted molar refractivity (Wildman–Crippen MR) is 107 cm³/mol. The Morgan fingerprint density at radius 2 is 1.68 bits per heavy atom. The number of rotatable bonds is 4. The summed E-state index contributed by atoms with van der Waals surface area (Å²) in [4.78, 5) is 9.18. The Labute approximate surface area is 162 Å². The first-order chi connectivity index (χ1) is 13.9. The fraction of sp³-hybridized carbons (Fsp3) is 0.238. The highest BCUT2D eigenvalue weighted by Gasteiger charge is 2.16. The average molecular weight is 371 g/mol. The van der Waals surface area contributed by atoms with Crippen LogP contribution in [0, 0.1) is 0 Å². The minimum absolute atomic E-state index is 0.473. The number of hydrogen-bond acceptors (Lipinski definition) is 5. The molecule has 0 atom stereocenters. The highest BCUT2D eigenvalue weighted by Crippen LogP contribution is 2.26. The van der Waals surface area contributed by atoms with E-state index >= 15 is 0 Å². The second-order valence-electron chi connectivity index (χ2n) is 7.05. The predicted octanol–water partition coefficient (Wildman–Crippen LogP) is 3.32. The number of piperidine rings is 1. The van der Waals surface area contributed by atoms with Gasteiger partial charge in [-0.25, -0.2) is 9.97 Å². The molecule has 0 saturated carbocycles. The van der Waals surface area contributed by atoms with Crippen molar-refractivity contribution in [3.8, 4) is 33.6 Å². The van der Waals surface area contributed by atoms with Crippen molar-refractivity contribution < 1.29 is 0 Å². The van der Waals surface area contributed by atoms with E-state index in [-0.39, 0.29) is 0 Å². The van der Waals surface area contributed by atoms with E-state index in [9.17, 15) is 0 Å². The number of nitrogens with one attached hydrogen (secondary N) is 2. The van der Waals surface area contributed by atoms with E-state index in [0.717, 1.165) is 53.7 Å². The fourth-order valence-corrected chi connectivity index (χ4v) is 3.63. The van der Waals surface area contributed by atoms with Crippen molar-refractivity contribution >= 4 is 0 Å². The minimum atomic E-state index is 0.473. The van der Waals surface area contributed by atoms with E-state index in [0.29, 0.717) is 11.9 Å².